The van der Waals surface area contributed by atoms with Crippen molar-refractivity contribution < 1.29 is 9.50 Å². The maximum absolute atomic E-state index is 13.7. The number of nitrogens with one attached hydrogen (secondary N) is 1. The molecule has 0 aliphatic carbocycles. The Labute approximate surface area is 106 Å². The van der Waals surface area contributed by atoms with E-state index in [9.17, 15) is 4.39 Å². The average Bonchev–Trinajstić information content (AvgIpc) is 2.23. The summed E-state index contributed by atoms with van der Waals surface area (Å²) in [6.07, 6.45) is 0.627. The number of rotatable bonds is 5. The van der Waals surface area contributed by atoms with Crippen molar-refractivity contribution in [1.29, 1.82) is 0 Å². The predicted molar refractivity (Wildman–Crippen MR) is 69.8 cm³/mol. The van der Waals surface area contributed by atoms with E-state index >= 15 is 0 Å². The minimum Gasteiger partial charge on any atom is -0.397 e. The molecular weight excluding hydrogens is 243 g/mol. The Morgan fingerprint density at radius 1 is 1.47 bits per heavy atom. The Kier molecular flexibility index (Phi) is 4.60. The summed E-state index contributed by atoms with van der Waals surface area (Å²) >= 11 is 5.69. The molecule has 5 heteroatoms. The van der Waals surface area contributed by atoms with E-state index in [1.165, 1.54) is 6.07 Å². The van der Waals surface area contributed by atoms with Crippen molar-refractivity contribution in [2.24, 2.45) is 5.41 Å². The van der Waals surface area contributed by atoms with Crippen LogP contribution in [-0.2, 0) is 0 Å². The van der Waals surface area contributed by atoms with Gasteiger partial charge in [-0.1, -0.05) is 25.4 Å². The summed E-state index contributed by atoms with van der Waals surface area (Å²) in [7, 11) is 0. The third-order valence-electron chi connectivity index (χ3n) is 2.66. The molecule has 0 saturated carbocycles. The maximum Gasteiger partial charge on any atom is 0.166 e. The van der Waals surface area contributed by atoms with Gasteiger partial charge in [0.25, 0.3) is 0 Å². The molecule has 0 spiro atoms. The summed E-state index contributed by atoms with van der Waals surface area (Å²) in [4.78, 5) is 0. The van der Waals surface area contributed by atoms with Gasteiger partial charge in [-0.2, -0.15) is 0 Å². The summed E-state index contributed by atoms with van der Waals surface area (Å²) in [6.45, 7) is 4.57. The first-order valence-electron chi connectivity index (χ1n) is 5.45. The third-order valence-corrected chi connectivity index (χ3v) is 2.95. The SMILES string of the molecule is CC(C)(CCO)CNc1c(N)ccc(Cl)c1F. The molecule has 0 saturated heterocycles. The molecule has 0 unspecified atom stereocenters. The van der Waals surface area contributed by atoms with E-state index in [1.54, 1.807) is 6.07 Å². The molecule has 0 aliphatic heterocycles. The van der Waals surface area contributed by atoms with E-state index in [-0.39, 0.29) is 22.7 Å². The highest BCUT2D eigenvalue weighted by Crippen LogP contribution is 2.30. The minimum atomic E-state index is -0.536. The van der Waals surface area contributed by atoms with E-state index in [2.05, 4.69) is 5.32 Å². The first-order valence-corrected chi connectivity index (χ1v) is 5.83. The van der Waals surface area contributed by atoms with Gasteiger partial charge in [-0.25, -0.2) is 4.39 Å². The molecule has 1 rings (SSSR count). The van der Waals surface area contributed by atoms with Crippen LogP contribution in [0.4, 0.5) is 15.8 Å². The minimum absolute atomic E-state index is 0.0432. The van der Waals surface area contributed by atoms with E-state index in [0.717, 1.165) is 0 Å². The molecule has 0 amide bonds. The second-order valence-corrected chi connectivity index (χ2v) is 5.22. The standard InChI is InChI=1S/C12H18ClFN2O/c1-12(2,5-6-17)7-16-11-9(15)4-3-8(13)10(11)14/h3-4,16-17H,5-7,15H2,1-2H3. The fourth-order valence-corrected chi connectivity index (χ4v) is 1.62. The summed E-state index contributed by atoms with van der Waals surface area (Å²) in [5.74, 6) is -0.536. The number of nitrogen functional groups attached to an aromatic ring is 1. The number of nitrogens with two attached hydrogens (primary N) is 1. The smallest absolute Gasteiger partial charge is 0.166 e. The van der Waals surface area contributed by atoms with Crippen LogP contribution in [0.5, 0.6) is 0 Å². The van der Waals surface area contributed by atoms with Crippen molar-refractivity contribution in [2.45, 2.75) is 20.3 Å². The molecule has 1 aromatic rings. The second kappa shape index (κ2) is 5.56. The summed E-state index contributed by atoms with van der Waals surface area (Å²) < 4.78 is 13.7. The first-order chi connectivity index (χ1) is 7.87. The first kappa shape index (κ1) is 14.1. The zero-order valence-electron chi connectivity index (χ0n) is 10.1. The number of halogens is 2. The van der Waals surface area contributed by atoms with Gasteiger partial charge in [0.1, 0.15) is 0 Å². The zero-order chi connectivity index (χ0) is 13.1. The Bertz CT molecular complexity index is 396. The van der Waals surface area contributed by atoms with Gasteiger partial charge in [0.05, 0.1) is 16.4 Å². The Morgan fingerprint density at radius 3 is 2.71 bits per heavy atom. The van der Waals surface area contributed by atoms with Gasteiger partial charge in [0.2, 0.25) is 0 Å². The number of hydrogen-bond acceptors (Lipinski definition) is 3. The van der Waals surface area contributed by atoms with Crippen LogP contribution in [0, 0.1) is 11.2 Å². The van der Waals surface area contributed by atoms with Crippen LogP contribution in [0.3, 0.4) is 0 Å². The zero-order valence-corrected chi connectivity index (χ0v) is 10.8. The van der Waals surface area contributed by atoms with Crippen molar-refractivity contribution in [3.05, 3.63) is 23.0 Å². The highest BCUT2D eigenvalue weighted by Gasteiger charge is 2.19. The van der Waals surface area contributed by atoms with Crippen molar-refractivity contribution in [3.63, 3.8) is 0 Å². The molecule has 17 heavy (non-hydrogen) atoms. The lowest BCUT2D eigenvalue weighted by Gasteiger charge is -2.25. The number of aliphatic hydroxyl groups is 1. The van der Waals surface area contributed by atoms with Crippen LogP contribution in [0.25, 0.3) is 0 Å². The van der Waals surface area contributed by atoms with Crippen molar-refractivity contribution in [2.75, 3.05) is 24.2 Å². The quantitative estimate of drug-likeness (QED) is 0.714. The fraction of sp³-hybridized carbons (Fsp3) is 0.500. The van der Waals surface area contributed by atoms with Crippen LogP contribution in [0.1, 0.15) is 20.3 Å². The van der Waals surface area contributed by atoms with Crippen molar-refractivity contribution >= 4 is 23.0 Å². The van der Waals surface area contributed by atoms with E-state index in [1.807, 2.05) is 13.8 Å². The number of benzene rings is 1. The average molecular weight is 261 g/mol. The molecule has 96 valence electrons. The van der Waals surface area contributed by atoms with Crippen LogP contribution in [0.15, 0.2) is 12.1 Å². The number of anilines is 2. The Hall–Kier alpha value is -1.000. The lowest BCUT2D eigenvalue weighted by molar-refractivity contribution is 0.220. The molecule has 1 aromatic carbocycles. The molecule has 0 radical (unpaired) electrons. The number of aliphatic hydroxyl groups excluding tert-OH is 1. The van der Waals surface area contributed by atoms with E-state index < -0.39 is 5.82 Å². The van der Waals surface area contributed by atoms with Gasteiger partial charge in [-0.15, -0.1) is 0 Å². The normalized spacial score (nSPS) is 11.6. The van der Waals surface area contributed by atoms with Gasteiger partial charge < -0.3 is 16.2 Å². The molecule has 0 bridgehead atoms. The monoisotopic (exact) mass is 260 g/mol. The Balaban J connectivity index is 2.79. The van der Waals surface area contributed by atoms with Crippen molar-refractivity contribution in [3.8, 4) is 0 Å². The van der Waals surface area contributed by atoms with Crippen LogP contribution in [0.2, 0.25) is 5.02 Å². The molecular formula is C12H18ClFN2O. The lowest BCUT2D eigenvalue weighted by Crippen LogP contribution is -2.25. The van der Waals surface area contributed by atoms with Gasteiger partial charge in [-0.3, -0.25) is 0 Å². The second-order valence-electron chi connectivity index (χ2n) is 4.82. The van der Waals surface area contributed by atoms with Gasteiger partial charge in [0, 0.05) is 13.2 Å². The predicted octanol–water partition coefficient (Wildman–Crippen LogP) is 2.88. The van der Waals surface area contributed by atoms with E-state index in [4.69, 9.17) is 22.4 Å². The van der Waals surface area contributed by atoms with E-state index in [0.29, 0.717) is 18.7 Å². The van der Waals surface area contributed by atoms with Crippen LogP contribution < -0.4 is 11.1 Å². The molecule has 0 aliphatic rings. The summed E-state index contributed by atoms with van der Waals surface area (Å²) in [6, 6.07) is 2.99. The highest BCUT2D eigenvalue weighted by molar-refractivity contribution is 6.31. The molecule has 0 fully saturated rings. The summed E-state index contributed by atoms with van der Waals surface area (Å²) in [5, 5.41) is 11.9. The molecule has 0 aromatic heterocycles. The van der Waals surface area contributed by atoms with Crippen LogP contribution in [-0.4, -0.2) is 18.3 Å². The molecule has 4 N–H and O–H groups in total. The molecule has 0 heterocycles. The lowest BCUT2D eigenvalue weighted by atomic mass is 9.89. The van der Waals surface area contributed by atoms with Gasteiger partial charge >= 0.3 is 0 Å². The van der Waals surface area contributed by atoms with Crippen molar-refractivity contribution in [1.82, 2.24) is 0 Å². The fourth-order valence-electron chi connectivity index (χ4n) is 1.46. The summed E-state index contributed by atoms with van der Waals surface area (Å²) in [5.41, 5.74) is 6.09. The third kappa shape index (κ3) is 3.75. The molecule has 0 atom stereocenters. The van der Waals surface area contributed by atoms with Crippen LogP contribution >= 0.6 is 11.6 Å². The van der Waals surface area contributed by atoms with Gasteiger partial charge in [0.15, 0.2) is 5.82 Å². The number of hydrogen-bond donors (Lipinski definition) is 3. The molecule has 3 nitrogen and oxygen atoms in total. The topological polar surface area (TPSA) is 58.3 Å². The highest BCUT2D eigenvalue weighted by atomic mass is 35.5. The largest absolute Gasteiger partial charge is 0.397 e. The Morgan fingerprint density at radius 2 is 2.12 bits per heavy atom. The van der Waals surface area contributed by atoms with Gasteiger partial charge in [-0.05, 0) is 24.0 Å². The maximum atomic E-state index is 13.7.